The van der Waals surface area contributed by atoms with Crippen LogP contribution in [0.15, 0.2) is 48.8 Å². The molecule has 0 unspecified atom stereocenters. The van der Waals surface area contributed by atoms with Crippen molar-refractivity contribution in [3.8, 4) is 0 Å². The molecule has 1 aromatic heterocycles. The Hall–Kier alpha value is -3.22. The van der Waals surface area contributed by atoms with E-state index in [0.717, 1.165) is 5.56 Å². The Balaban J connectivity index is 1.94. The maximum Gasteiger partial charge on any atom is 0.223 e. The lowest BCUT2D eigenvalue weighted by Crippen LogP contribution is -2.33. The standard InChI is InChI=1S/C19H22N4O3/c1-14(24)22-17-4-3-5-18(12-17)23(15(2)25)11-8-19(26)21-13-16-6-9-20-10-7-16/h3-7,9-10,12H,8,11,13H2,1-2H3,(H,21,26)(H,22,24). The van der Waals surface area contributed by atoms with Crippen LogP contribution in [-0.2, 0) is 20.9 Å². The third kappa shape index (κ3) is 6.01. The van der Waals surface area contributed by atoms with E-state index in [0.29, 0.717) is 17.9 Å². The summed E-state index contributed by atoms with van der Waals surface area (Å²) in [6.07, 6.45) is 3.51. The van der Waals surface area contributed by atoms with Crippen molar-refractivity contribution in [2.75, 3.05) is 16.8 Å². The molecule has 2 N–H and O–H groups in total. The Morgan fingerprint density at radius 1 is 1.08 bits per heavy atom. The average molecular weight is 354 g/mol. The average Bonchev–Trinajstić information content (AvgIpc) is 2.60. The first-order chi connectivity index (χ1) is 12.5. The number of nitrogens with one attached hydrogen (secondary N) is 2. The van der Waals surface area contributed by atoms with Crippen LogP contribution in [0.5, 0.6) is 0 Å². The second-order valence-electron chi connectivity index (χ2n) is 5.78. The number of carbonyl (C=O) groups is 3. The first-order valence-corrected chi connectivity index (χ1v) is 8.27. The quantitative estimate of drug-likeness (QED) is 0.796. The molecule has 0 aliphatic heterocycles. The molecule has 0 spiro atoms. The Labute approximate surface area is 152 Å². The first kappa shape index (κ1) is 19.1. The van der Waals surface area contributed by atoms with Crippen LogP contribution in [0.4, 0.5) is 11.4 Å². The van der Waals surface area contributed by atoms with Gasteiger partial charge in [-0.1, -0.05) is 6.07 Å². The van der Waals surface area contributed by atoms with Crippen LogP contribution in [0.2, 0.25) is 0 Å². The summed E-state index contributed by atoms with van der Waals surface area (Å²) < 4.78 is 0. The summed E-state index contributed by atoms with van der Waals surface area (Å²) in [7, 11) is 0. The molecule has 0 aliphatic rings. The van der Waals surface area contributed by atoms with Gasteiger partial charge in [-0.3, -0.25) is 19.4 Å². The van der Waals surface area contributed by atoms with E-state index in [4.69, 9.17) is 0 Å². The van der Waals surface area contributed by atoms with Crippen LogP contribution in [-0.4, -0.2) is 29.3 Å². The molecule has 0 aliphatic carbocycles. The fourth-order valence-electron chi connectivity index (χ4n) is 2.43. The van der Waals surface area contributed by atoms with Crippen molar-refractivity contribution in [2.24, 2.45) is 0 Å². The molecule has 7 heteroatoms. The lowest BCUT2D eigenvalue weighted by atomic mass is 10.2. The zero-order valence-electron chi connectivity index (χ0n) is 14.9. The van der Waals surface area contributed by atoms with Crippen molar-refractivity contribution in [2.45, 2.75) is 26.8 Å². The van der Waals surface area contributed by atoms with Crippen molar-refractivity contribution < 1.29 is 14.4 Å². The summed E-state index contributed by atoms with van der Waals surface area (Å²) in [4.78, 5) is 40.7. The molecule has 7 nitrogen and oxygen atoms in total. The molecule has 0 saturated carbocycles. The molecule has 0 radical (unpaired) electrons. The largest absolute Gasteiger partial charge is 0.352 e. The number of pyridine rings is 1. The molecule has 0 atom stereocenters. The Bertz CT molecular complexity index is 777. The van der Waals surface area contributed by atoms with Crippen LogP contribution < -0.4 is 15.5 Å². The van der Waals surface area contributed by atoms with Gasteiger partial charge in [0.1, 0.15) is 0 Å². The first-order valence-electron chi connectivity index (χ1n) is 8.27. The zero-order chi connectivity index (χ0) is 18.9. The molecule has 0 fully saturated rings. The smallest absolute Gasteiger partial charge is 0.223 e. The summed E-state index contributed by atoms with van der Waals surface area (Å²) in [5, 5.41) is 5.50. The maximum atomic E-state index is 12.1. The molecular weight excluding hydrogens is 332 g/mol. The Morgan fingerprint density at radius 2 is 1.81 bits per heavy atom. The SMILES string of the molecule is CC(=O)Nc1cccc(N(CCC(=O)NCc2ccncc2)C(C)=O)c1. The van der Waals surface area contributed by atoms with E-state index in [2.05, 4.69) is 15.6 Å². The molecule has 0 bridgehead atoms. The van der Waals surface area contributed by atoms with Gasteiger partial charge in [0.2, 0.25) is 17.7 Å². The van der Waals surface area contributed by atoms with Gasteiger partial charge in [-0.15, -0.1) is 0 Å². The lowest BCUT2D eigenvalue weighted by Gasteiger charge is -2.21. The minimum atomic E-state index is -0.188. The molecular formula is C19H22N4O3. The molecule has 2 aromatic rings. The van der Waals surface area contributed by atoms with E-state index in [1.165, 1.54) is 18.7 Å². The molecule has 0 saturated heterocycles. The van der Waals surface area contributed by atoms with Crippen molar-refractivity contribution >= 4 is 29.1 Å². The second-order valence-corrected chi connectivity index (χ2v) is 5.78. The van der Waals surface area contributed by atoms with E-state index < -0.39 is 0 Å². The molecule has 1 heterocycles. The number of hydrogen-bond acceptors (Lipinski definition) is 4. The van der Waals surface area contributed by atoms with Gasteiger partial charge >= 0.3 is 0 Å². The number of benzene rings is 1. The van der Waals surface area contributed by atoms with Crippen LogP contribution in [0, 0.1) is 0 Å². The van der Waals surface area contributed by atoms with Gasteiger partial charge in [0.15, 0.2) is 0 Å². The minimum absolute atomic E-state index is 0.147. The topological polar surface area (TPSA) is 91.4 Å². The highest BCUT2D eigenvalue weighted by Crippen LogP contribution is 2.20. The van der Waals surface area contributed by atoms with Gasteiger partial charge in [-0.2, -0.15) is 0 Å². The van der Waals surface area contributed by atoms with Crippen molar-refractivity contribution in [3.63, 3.8) is 0 Å². The molecule has 2 rings (SSSR count). The lowest BCUT2D eigenvalue weighted by molar-refractivity contribution is -0.121. The molecule has 3 amide bonds. The summed E-state index contributed by atoms with van der Waals surface area (Å²) in [6.45, 7) is 3.53. The minimum Gasteiger partial charge on any atom is -0.352 e. The summed E-state index contributed by atoms with van der Waals surface area (Å²) in [6, 6.07) is 10.6. The van der Waals surface area contributed by atoms with Gasteiger partial charge in [0, 0.05) is 57.1 Å². The van der Waals surface area contributed by atoms with E-state index in [-0.39, 0.29) is 30.7 Å². The Morgan fingerprint density at radius 3 is 2.46 bits per heavy atom. The number of rotatable bonds is 7. The zero-order valence-corrected chi connectivity index (χ0v) is 14.9. The summed E-state index contributed by atoms with van der Waals surface area (Å²) in [5.74, 6) is -0.509. The number of nitrogens with zero attached hydrogens (tertiary/aromatic N) is 2. The van der Waals surface area contributed by atoms with Gasteiger partial charge in [0.05, 0.1) is 0 Å². The highest BCUT2D eigenvalue weighted by atomic mass is 16.2. The van der Waals surface area contributed by atoms with Gasteiger partial charge in [-0.25, -0.2) is 0 Å². The number of amides is 3. The summed E-state index contributed by atoms with van der Waals surface area (Å²) in [5.41, 5.74) is 2.19. The number of aromatic nitrogens is 1. The van der Waals surface area contributed by atoms with E-state index in [9.17, 15) is 14.4 Å². The monoisotopic (exact) mass is 354 g/mol. The number of anilines is 2. The molecule has 136 valence electrons. The van der Waals surface area contributed by atoms with Crippen molar-refractivity contribution in [1.29, 1.82) is 0 Å². The van der Waals surface area contributed by atoms with Crippen molar-refractivity contribution in [1.82, 2.24) is 10.3 Å². The highest BCUT2D eigenvalue weighted by Gasteiger charge is 2.14. The van der Waals surface area contributed by atoms with Crippen LogP contribution in [0.25, 0.3) is 0 Å². The normalized spacial score (nSPS) is 10.1. The van der Waals surface area contributed by atoms with E-state index in [1.807, 2.05) is 12.1 Å². The third-order valence-electron chi connectivity index (χ3n) is 3.66. The van der Waals surface area contributed by atoms with Gasteiger partial charge < -0.3 is 15.5 Å². The van der Waals surface area contributed by atoms with Crippen LogP contribution >= 0.6 is 0 Å². The second kappa shape index (κ2) is 9.31. The van der Waals surface area contributed by atoms with Crippen LogP contribution in [0.3, 0.4) is 0 Å². The highest BCUT2D eigenvalue weighted by molar-refractivity contribution is 5.94. The number of hydrogen-bond donors (Lipinski definition) is 2. The van der Waals surface area contributed by atoms with E-state index >= 15 is 0 Å². The molecule has 1 aromatic carbocycles. The van der Waals surface area contributed by atoms with Gasteiger partial charge in [0.25, 0.3) is 0 Å². The molecule has 26 heavy (non-hydrogen) atoms. The Kier molecular flexibility index (Phi) is 6.84. The van der Waals surface area contributed by atoms with Crippen molar-refractivity contribution in [3.05, 3.63) is 54.4 Å². The predicted molar refractivity (Wildman–Crippen MR) is 99.5 cm³/mol. The summed E-state index contributed by atoms with van der Waals surface area (Å²) >= 11 is 0. The third-order valence-corrected chi connectivity index (χ3v) is 3.66. The van der Waals surface area contributed by atoms with E-state index in [1.54, 1.807) is 36.7 Å². The fourth-order valence-corrected chi connectivity index (χ4v) is 2.43. The maximum absolute atomic E-state index is 12.1. The fraction of sp³-hybridized carbons (Fsp3) is 0.263. The van der Waals surface area contributed by atoms with Crippen LogP contribution in [0.1, 0.15) is 25.8 Å². The predicted octanol–water partition coefficient (Wildman–Crippen LogP) is 2.10. The number of carbonyl (C=O) groups excluding carboxylic acids is 3. The van der Waals surface area contributed by atoms with Gasteiger partial charge in [-0.05, 0) is 35.9 Å².